The van der Waals surface area contributed by atoms with Gasteiger partial charge in [0.05, 0.1) is 0 Å². The smallest absolute Gasteiger partial charge is 0.370 e. The summed E-state index contributed by atoms with van der Waals surface area (Å²) in [5.41, 5.74) is -0.891. The predicted octanol–water partition coefficient (Wildman–Crippen LogP) is 3.58. The lowest BCUT2D eigenvalue weighted by Crippen LogP contribution is -2.36. The van der Waals surface area contributed by atoms with Crippen molar-refractivity contribution in [3.05, 3.63) is 35.8 Å². The van der Waals surface area contributed by atoms with Crippen molar-refractivity contribution >= 4 is 16.6 Å². The summed E-state index contributed by atoms with van der Waals surface area (Å²) in [6.45, 7) is 2.81. The monoisotopic (exact) mass is 327 g/mol. The van der Waals surface area contributed by atoms with Crippen LogP contribution in [0.3, 0.4) is 0 Å². The van der Waals surface area contributed by atoms with Gasteiger partial charge in [-0.2, -0.15) is 13.2 Å². The Balaban J connectivity index is 2.14. The highest BCUT2D eigenvalue weighted by atomic mass is 19.4. The zero-order chi connectivity index (χ0) is 16.4. The number of nitrogens with one attached hydrogen (secondary N) is 1. The molecule has 3 rings (SSSR count). The fraction of sp³-hybridized carbons (Fsp3) is 0.438. The van der Waals surface area contributed by atoms with Gasteiger partial charge < -0.3 is 10.2 Å². The van der Waals surface area contributed by atoms with Crippen LogP contribution in [0.1, 0.15) is 18.5 Å². The summed E-state index contributed by atoms with van der Waals surface area (Å²) < 4.78 is 53.4. The Kier molecular flexibility index (Phi) is 4.39. The maximum absolute atomic E-state index is 14.0. The zero-order valence-corrected chi connectivity index (χ0v) is 12.5. The molecular formula is C16H17F4N3. The number of anilines is 1. The van der Waals surface area contributed by atoms with Crippen molar-refractivity contribution in [2.75, 3.05) is 31.1 Å². The van der Waals surface area contributed by atoms with E-state index in [9.17, 15) is 17.6 Å². The van der Waals surface area contributed by atoms with Crippen LogP contribution in [-0.2, 0) is 6.18 Å². The summed E-state index contributed by atoms with van der Waals surface area (Å²) in [5.74, 6) is -0.736. The van der Waals surface area contributed by atoms with Crippen molar-refractivity contribution in [2.24, 2.45) is 0 Å². The number of hydrogen-bond donors (Lipinski definition) is 1. The van der Waals surface area contributed by atoms with Gasteiger partial charge in [0.15, 0.2) is 0 Å². The number of pyridine rings is 1. The van der Waals surface area contributed by atoms with Crippen LogP contribution < -0.4 is 10.2 Å². The maximum atomic E-state index is 14.0. The second-order valence-corrected chi connectivity index (χ2v) is 5.60. The van der Waals surface area contributed by atoms with Crippen LogP contribution in [0, 0.1) is 5.82 Å². The lowest BCUT2D eigenvalue weighted by molar-refractivity contribution is -0.140. The largest absolute Gasteiger partial charge is 0.433 e. The molecule has 7 heteroatoms. The molecule has 1 fully saturated rings. The first-order valence-electron chi connectivity index (χ1n) is 7.59. The number of para-hydroxylation sites is 1. The normalized spacial score (nSPS) is 17.1. The molecule has 1 aromatic carbocycles. The molecule has 124 valence electrons. The molecule has 0 atom stereocenters. The molecule has 0 bridgehead atoms. The Hall–Kier alpha value is -1.89. The molecule has 1 N–H and O–H groups in total. The van der Waals surface area contributed by atoms with E-state index in [-0.39, 0.29) is 5.52 Å². The Morgan fingerprint density at radius 3 is 2.70 bits per heavy atom. The van der Waals surface area contributed by atoms with Crippen LogP contribution in [0.2, 0.25) is 0 Å². The number of hydrogen-bond acceptors (Lipinski definition) is 3. The van der Waals surface area contributed by atoms with Crippen LogP contribution in [-0.4, -0.2) is 31.2 Å². The van der Waals surface area contributed by atoms with Crippen LogP contribution in [0.4, 0.5) is 23.2 Å². The minimum atomic E-state index is -4.60. The second kappa shape index (κ2) is 6.31. The van der Waals surface area contributed by atoms with Crippen LogP contribution in [0.25, 0.3) is 10.9 Å². The third-order valence-corrected chi connectivity index (χ3v) is 3.99. The van der Waals surface area contributed by atoms with Gasteiger partial charge in [-0.15, -0.1) is 0 Å². The van der Waals surface area contributed by atoms with Crippen molar-refractivity contribution in [2.45, 2.75) is 19.0 Å². The molecule has 0 radical (unpaired) electrons. The van der Waals surface area contributed by atoms with Crippen molar-refractivity contribution in [3.63, 3.8) is 0 Å². The highest BCUT2D eigenvalue weighted by Crippen LogP contribution is 2.35. The van der Waals surface area contributed by atoms with E-state index in [4.69, 9.17) is 0 Å². The van der Waals surface area contributed by atoms with Crippen molar-refractivity contribution in [1.82, 2.24) is 10.3 Å². The highest BCUT2D eigenvalue weighted by Gasteiger charge is 2.34. The molecule has 0 aliphatic carbocycles. The summed E-state index contributed by atoms with van der Waals surface area (Å²) >= 11 is 0. The third-order valence-electron chi connectivity index (χ3n) is 3.99. The minimum Gasteiger partial charge on any atom is -0.370 e. The number of halogens is 4. The summed E-state index contributed by atoms with van der Waals surface area (Å²) in [6.07, 6.45) is -2.78. The zero-order valence-electron chi connectivity index (χ0n) is 12.5. The van der Waals surface area contributed by atoms with Gasteiger partial charge in [0.2, 0.25) is 0 Å². The molecule has 1 aliphatic heterocycles. The molecule has 0 unspecified atom stereocenters. The predicted molar refractivity (Wildman–Crippen MR) is 81.0 cm³/mol. The molecule has 2 aromatic rings. The number of benzene rings is 1. The van der Waals surface area contributed by atoms with E-state index in [1.54, 1.807) is 6.07 Å². The van der Waals surface area contributed by atoms with Gasteiger partial charge in [-0.3, -0.25) is 0 Å². The number of alkyl halides is 3. The number of nitrogens with zero attached hydrogens (tertiary/aromatic N) is 2. The quantitative estimate of drug-likeness (QED) is 0.812. The van der Waals surface area contributed by atoms with E-state index >= 15 is 0 Å². The Morgan fingerprint density at radius 1 is 1.09 bits per heavy atom. The van der Waals surface area contributed by atoms with E-state index in [1.807, 2.05) is 4.90 Å². The Labute approximate surface area is 131 Å². The van der Waals surface area contributed by atoms with E-state index < -0.39 is 17.7 Å². The molecule has 1 saturated heterocycles. The molecule has 23 heavy (non-hydrogen) atoms. The first-order chi connectivity index (χ1) is 11.0. The fourth-order valence-electron chi connectivity index (χ4n) is 2.85. The van der Waals surface area contributed by atoms with E-state index in [0.29, 0.717) is 30.7 Å². The van der Waals surface area contributed by atoms with E-state index in [1.165, 1.54) is 6.07 Å². The molecule has 1 aliphatic rings. The lowest BCUT2D eigenvalue weighted by Gasteiger charge is -2.29. The molecule has 1 aromatic heterocycles. The van der Waals surface area contributed by atoms with Crippen molar-refractivity contribution < 1.29 is 17.6 Å². The van der Waals surface area contributed by atoms with Gasteiger partial charge in [-0.25, -0.2) is 9.37 Å². The second-order valence-electron chi connectivity index (χ2n) is 5.60. The van der Waals surface area contributed by atoms with Gasteiger partial charge in [0, 0.05) is 30.7 Å². The van der Waals surface area contributed by atoms with E-state index in [2.05, 4.69) is 10.3 Å². The van der Waals surface area contributed by atoms with Crippen LogP contribution >= 0.6 is 0 Å². The first kappa shape index (κ1) is 16.0. The van der Waals surface area contributed by atoms with E-state index in [0.717, 1.165) is 31.5 Å². The topological polar surface area (TPSA) is 28.2 Å². The summed E-state index contributed by atoms with van der Waals surface area (Å²) in [4.78, 5) is 5.38. The van der Waals surface area contributed by atoms with Crippen molar-refractivity contribution in [3.8, 4) is 0 Å². The first-order valence-corrected chi connectivity index (χ1v) is 7.59. The average Bonchev–Trinajstić information content (AvgIpc) is 2.46. The Bertz CT molecular complexity index is 692. The lowest BCUT2D eigenvalue weighted by atomic mass is 10.1. The average molecular weight is 327 g/mol. The number of aromatic nitrogens is 1. The molecule has 0 saturated carbocycles. The molecule has 2 heterocycles. The van der Waals surface area contributed by atoms with Gasteiger partial charge in [-0.1, -0.05) is 12.1 Å². The molecular weight excluding hydrogens is 310 g/mol. The third kappa shape index (κ3) is 3.39. The molecule has 3 nitrogen and oxygen atoms in total. The summed E-state index contributed by atoms with van der Waals surface area (Å²) in [5, 5.41) is 3.65. The standard InChI is InChI=1S/C16H17F4N3/c17-12-5-3-4-11-13(23-8-2-1-6-21-7-9-23)10-14(16(18,19)20)22-15(11)12/h3-5,10,21H,1-2,6-9H2. The Morgan fingerprint density at radius 2 is 1.91 bits per heavy atom. The summed E-state index contributed by atoms with van der Waals surface area (Å²) in [7, 11) is 0. The maximum Gasteiger partial charge on any atom is 0.433 e. The van der Waals surface area contributed by atoms with Gasteiger partial charge in [-0.05, 0) is 31.5 Å². The van der Waals surface area contributed by atoms with Crippen molar-refractivity contribution in [1.29, 1.82) is 0 Å². The van der Waals surface area contributed by atoms with Gasteiger partial charge >= 0.3 is 6.18 Å². The number of rotatable bonds is 1. The summed E-state index contributed by atoms with van der Waals surface area (Å²) in [6, 6.07) is 5.28. The van der Waals surface area contributed by atoms with Crippen LogP contribution in [0.15, 0.2) is 24.3 Å². The van der Waals surface area contributed by atoms with Gasteiger partial charge in [0.25, 0.3) is 0 Å². The molecule has 0 spiro atoms. The number of fused-ring (bicyclic) bond motifs is 1. The highest BCUT2D eigenvalue weighted by molar-refractivity contribution is 5.92. The minimum absolute atomic E-state index is 0.229. The fourth-order valence-corrected chi connectivity index (χ4v) is 2.85. The molecule has 0 amide bonds. The van der Waals surface area contributed by atoms with Gasteiger partial charge in [0.1, 0.15) is 17.0 Å². The van der Waals surface area contributed by atoms with Crippen LogP contribution in [0.5, 0.6) is 0 Å². The SMILES string of the molecule is Fc1cccc2c(N3CCCCNCC3)cc(C(F)(F)F)nc12.